The van der Waals surface area contributed by atoms with Crippen molar-refractivity contribution in [1.29, 1.82) is 0 Å². The second-order valence-corrected chi connectivity index (χ2v) is 8.45. The first-order valence-corrected chi connectivity index (χ1v) is 11.8. The zero-order chi connectivity index (χ0) is 24.9. The van der Waals surface area contributed by atoms with Crippen LogP contribution in [-0.4, -0.2) is 101 Å². The molecule has 2 N–H and O–H groups in total. The van der Waals surface area contributed by atoms with E-state index in [4.69, 9.17) is 19.6 Å². The van der Waals surface area contributed by atoms with Crippen LogP contribution < -0.4 is 20.3 Å². The molecule has 4 heterocycles. The monoisotopic (exact) mass is 494 g/mol. The summed E-state index contributed by atoms with van der Waals surface area (Å²) in [7, 11) is 3.62. The zero-order valence-corrected chi connectivity index (χ0v) is 20.4. The molecule has 36 heavy (non-hydrogen) atoms. The third-order valence-electron chi connectivity index (χ3n) is 6.07. The molecule has 5 rings (SSSR count). The number of ether oxygens (including phenoxy) is 2. The normalized spacial score (nSPS) is 14.4. The molecular weight excluding hydrogens is 464 g/mol. The summed E-state index contributed by atoms with van der Waals surface area (Å²) in [6.07, 6.45) is 3.00. The highest BCUT2D eigenvalue weighted by molar-refractivity contribution is 5.51. The molecule has 0 unspecified atom stereocenters. The summed E-state index contributed by atoms with van der Waals surface area (Å²) in [5.41, 5.74) is 7.32. The highest BCUT2D eigenvalue weighted by atomic mass is 16.5. The number of nitrogens with two attached hydrogens (primary N) is 1. The van der Waals surface area contributed by atoms with E-state index in [2.05, 4.69) is 47.0 Å². The Morgan fingerprint density at radius 3 is 2.58 bits per heavy atom. The Kier molecular flexibility index (Phi) is 7.09. The number of nitrogen functional groups attached to an aromatic ring is 1. The average Bonchev–Trinajstić information content (AvgIpc) is 3.59. The number of methoxy groups -OCH3 is 1. The maximum absolute atomic E-state index is 6.11. The smallest absolute Gasteiger partial charge is 0.266 e. The van der Waals surface area contributed by atoms with Crippen LogP contribution in [0, 0.1) is 0 Å². The number of nitrogens with zero attached hydrogens (tertiary/aromatic N) is 9. The van der Waals surface area contributed by atoms with Crippen molar-refractivity contribution in [2.75, 3.05) is 82.2 Å². The standard InChI is InChI=1S/C23H30N10O3/c1-30(22-27-21(24)33-23(28-22)26-19(29-33)20-25-7-14-36-20)8-9-31-10-12-32(13-11-31)17-3-5-18(6-4-17)35-16-15-34-2/h3-7,14H,8-13,15-16H2,1-2H3,(H2,24,26,27,28,29). The first kappa shape index (κ1) is 23.8. The van der Waals surface area contributed by atoms with Crippen molar-refractivity contribution in [2.24, 2.45) is 0 Å². The molecule has 0 aliphatic carbocycles. The molecule has 0 atom stereocenters. The number of likely N-dealkylation sites (N-methyl/N-ethyl adjacent to an activating group) is 1. The summed E-state index contributed by atoms with van der Waals surface area (Å²) < 4.78 is 17.3. The molecule has 4 aromatic rings. The topological polar surface area (TPSA) is 136 Å². The molecule has 1 aliphatic heterocycles. The number of aromatic nitrogens is 6. The molecule has 13 nitrogen and oxygen atoms in total. The summed E-state index contributed by atoms with van der Waals surface area (Å²) in [4.78, 5) is 24.2. The zero-order valence-electron chi connectivity index (χ0n) is 20.4. The van der Waals surface area contributed by atoms with Crippen molar-refractivity contribution in [3.05, 3.63) is 36.7 Å². The van der Waals surface area contributed by atoms with Gasteiger partial charge in [-0.25, -0.2) is 4.98 Å². The molecule has 1 fully saturated rings. The van der Waals surface area contributed by atoms with E-state index >= 15 is 0 Å². The minimum atomic E-state index is 0.205. The Hall–Kier alpha value is -3.97. The molecule has 1 aromatic carbocycles. The lowest BCUT2D eigenvalue weighted by Gasteiger charge is -2.36. The van der Waals surface area contributed by atoms with Crippen molar-refractivity contribution in [1.82, 2.24) is 34.4 Å². The number of hydrogen-bond donors (Lipinski definition) is 1. The molecule has 0 saturated carbocycles. The van der Waals surface area contributed by atoms with E-state index in [9.17, 15) is 0 Å². The molecule has 190 valence electrons. The lowest BCUT2D eigenvalue weighted by Crippen LogP contribution is -2.48. The third kappa shape index (κ3) is 5.31. The number of benzene rings is 1. The maximum Gasteiger partial charge on any atom is 0.266 e. The lowest BCUT2D eigenvalue weighted by molar-refractivity contribution is 0.146. The van der Waals surface area contributed by atoms with Crippen LogP contribution in [0.3, 0.4) is 0 Å². The van der Waals surface area contributed by atoms with Crippen LogP contribution in [0.25, 0.3) is 17.5 Å². The number of oxazole rings is 1. The van der Waals surface area contributed by atoms with E-state index < -0.39 is 0 Å². The second kappa shape index (κ2) is 10.7. The predicted octanol–water partition coefficient (Wildman–Crippen LogP) is 1.04. The van der Waals surface area contributed by atoms with Gasteiger partial charge in [-0.1, -0.05) is 0 Å². The van der Waals surface area contributed by atoms with Gasteiger partial charge >= 0.3 is 0 Å². The molecule has 0 bridgehead atoms. The maximum atomic E-state index is 6.11. The van der Waals surface area contributed by atoms with Crippen LogP contribution in [-0.2, 0) is 4.74 Å². The van der Waals surface area contributed by atoms with E-state index in [1.54, 1.807) is 7.11 Å². The molecule has 0 amide bonds. The van der Waals surface area contributed by atoms with E-state index in [1.165, 1.54) is 22.7 Å². The quantitative estimate of drug-likeness (QED) is 0.315. The molecule has 1 saturated heterocycles. The Balaban J connectivity index is 1.13. The summed E-state index contributed by atoms with van der Waals surface area (Å²) in [5, 5.41) is 4.28. The number of piperazine rings is 1. The highest BCUT2D eigenvalue weighted by Crippen LogP contribution is 2.21. The van der Waals surface area contributed by atoms with Gasteiger partial charge in [0.2, 0.25) is 17.7 Å². The SMILES string of the molecule is COCCOc1ccc(N2CCN(CCN(C)c3nc(N)n4nc(-c5ncco5)nc4n3)CC2)cc1. The van der Waals surface area contributed by atoms with Crippen molar-refractivity contribution in [3.8, 4) is 17.5 Å². The number of anilines is 3. The van der Waals surface area contributed by atoms with E-state index in [0.29, 0.717) is 36.7 Å². The fourth-order valence-electron chi connectivity index (χ4n) is 4.01. The minimum absolute atomic E-state index is 0.205. The van der Waals surface area contributed by atoms with Crippen LogP contribution in [0.1, 0.15) is 0 Å². The molecule has 0 spiro atoms. The van der Waals surface area contributed by atoms with Crippen LogP contribution in [0.15, 0.2) is 41.1 Å². The predicted molar refractivity (Wildman–Crippen MR) is 134 cm³/mol. The Bertz CT molecular complexity index is 1250. The highest BCUT2D eigenvalue weighted by Gasteiger charge is 2.19. The van der Waals surface area contributed by atoms with Gasteiger partial charge in [-0.05, 0) is 24.3 Å². The molecular formula is C23H30N10O3. The van der Waals surface area contributed by atoms with Gasteiger partial charge in [0, 0.05) is 59.1 Å². The van der Waals surface area contributed by atoms with Gasteiger partial charge in [0.05, 0.1) is 12.8 Å². The van der Waals surface area contributed by atoms with E-state index in [0.717, 1.165) is 45.0 Å². The van der Waals surface area contributed by atoms with Crippen molar-refractivity contribution >= 4 is 23.4 Å². The number of rotatable bonds is 10. The summed E-state index contributed by atoms with van der Waals surface area (Å²) in [6, 6.07) is 8.25. The molecule has 1 aliphatic rings. The van der Waals surface area contributed by atoms with Crippen molar-refractivity contribution < 1.29 is 13.9 Å². The summed E-state index contributed by atoms with van der Waals surface area (Å²) in [5.74, 6) is 2.53. The lowest BCUT2D eigenvalue weighted by atomic mass is 10.2. The van der Waals surface area contributed by atoms with Gasteiger partial charge in [-0.2, -0.15) is 19.5 Å². The van der Waals surface area contributed by atoms with Crippen LogP contribution in [0.5, 0.6) is 5.75 Å². The minimum Gasteiger partial charge on any atom is -0.491 e. The fraction of sp³-hybridized carbons (Fsp3) is 0.435. The Labute approximate surface area is 208 Å². The van der Waals surface area contributed by atoms with Gasteiger partial charge in [0.1, 0.15) is 18.6 Å². The molecule has 0 radical (unpaired) electrons. The molecule has 3 aromatic heterocycles. The number of hydrogen-bond acceptors (Lipinski definition) is 12. The first-order valence-electron chi connectivity index (χ1n) is 11.8. The van der Waals surface area contributed by atoms with Crippen molar-refractivity contribution in [2.45, 2.75) is 0 Å². The second-order valence-electron chi connectivity index (χ2n) is 8.45. The van der Waals surface area contributed by atoms with Crippen molar-refractivity contribution in [3.63, 3.8) is 0 Å². The summed E-state index contributed by atoms with van der Waals surface area (Å²) >= 11 is 0. The average molecular weight is 495 g/mol. The number of fused-ring (bicyclic) bond motifs is 1. The molecule has 13 heteroatoms. The van der Waals surface area contributed by atoms with Gasteiger partial charge in [-0.3, -0.25) is 4.90 Å². The van der Waals surface area contributed by atoms with Gasteiger partial charge < -0.3 is 29.4 Å². The van der Waals surface area contributed by atoms with Gasteiger partial charge in [0.15, 0.2) is 0 Å². The van der Waals surface area contributed by atoms with Crippen LogP contribution in [0.2, 0.25) is 0 Å². The third-order valence-corrected chi connectivity index (χ3v) is 6.07. The van der Waals surface area contributed by atoms with Crippen LogP contribution in [0.4, 0.5) is 17.6 Å². The summed E-state index contributed by atoms with van der Waals surface area (Å²) in [6.45, 7) is 6.66. The van der Waals surface area contributed by atoms with E-state index in [-0.39, 0.29) is 5.95 Å². The van der Waals surface area contributed by atoms with Gasteiger partial charge in [-0.15, -0.1) is 5.10 Å². The van der Waals surface area contributed by atoms with Gasteiger partial charge in [0.25, 0.3) is 11.7 Å². The largest absolute Gasteiger partial charge is 0.491 e. The van der Waals surface area contributed by atoms with E-state index in [1.807, 2.05) is 24.1 Å². The Morgan fingerprint density at radius 1 is 1.06 bits per heavy atom. The van der Waals surface area contributed by atoms with Crippen LogP contribution >= 0.6 is 0 Å². The fourth-order valence-corrected chi connectivity index (χ4v) is 4.01. The first-order chi connectivity index (χ1) is 17.6. The Morgan fingerprint density at radius 2 is 1.86 bits per heavy atom.